The fraction of sp³-hybridized carbons (Fsp3) is 0.200. The number of hydrogen-bond acceptors (Lipinski definition) is 3. The van der Waals surface area contributed by atoms with Gasteiger partial charge in [-0.25, -0.2) is 13.8 Å². The SMILES string of the molecule is C=CCNC(=O)CCc1ncc(-c2ccc(F)cc2F)o1. The van der Waals surface area contributed by atoms with E-state index in [1.165, 1.54) is 12.3 Å². The number of oxazole rings is 1. The van der Waals surface area contributed by atoms with Crippen molar-refractivity contribution in [2.45, 2.75) is 12.8 Å². The molecule has 0 saturated heterocycles. The maximum Gasteiger partial charge on any atom is 0.220 e. The van der Waals surface area contributed by atoms with Crippen LogP contribution in [0.4, 0.5) is 8.78 Å². The van der Waals surface area contributed by atoms with Crippen LogP contribution < -0.4 is 5.32 Å². The van der Waals surface area contributed by atoms with E-state index in [0.29, 0.717) is 18.9 Å². The monoisotopic (exact) mass is 292 g/mol. The molecule has 0 radical (unpaired) electrons. The second-order valence-electron chi connectivity index (χ2n) is 4.34. The van der Waals surface area contributed by atoms with Gasteiger partial charge in [-0.05, 0) is 12.1 Å². The highest BCUT2D eigenvalue weighted by Gasteiger charge is 2.12. The number of carbonyl (C=O) groups excluding carboxylic acids is 1. The Morgan fingerprint density at radius 2 is 2.24 bits per heavy atom. The summed E-state index contributed by atoms with van der Waals surface area (Å²) in [6.07, 6.45) is 3.44. The Labute approximate surface area is 120 Å². The van der Waals surface area contributed by atoms with E-state index >= 15 is 0 Å². The number of hydrogen-bond donors (Lipinski definition) is 1. The summed E-state index contributed by atoms with van der Waals surface area (Å²) in [5, 5.41) is 2.63. The average molecular weight is 292 g/mol. The highest BCUT2D eigenvalue weighted by molar-refractivity contribution is 5.76. The van der Waals surface area contributed by atoms with E-state index in [1.807, 2.05) is 0 Å². The van der Waals surface area contributed by atoms with Crippen molar-refractivity contribution in [1.82, 2.24) is 10.3 Å². The van der Waals surface area contributed by atoms with Gasteiger partial charge in [0.15, 0.2) is 11.7 Å². The van der Waals surface area contributed by atoms with Crippen molar-refractivity contribution < 1.29 is 18.0 Å². The highest BCUT2D eigenvalue weighted by Crippen LogP contribution is 2.24. The highest BCUT2D eigenvalue weighted by atomic mass is 19.1. The van der Waals surface area contributed by atoms with E-state index in [2.05, 4.69) is 16.9 Å². The number of amides is 1. The Morgan fingerprint density at radius 3 is 2.95 bits per heavy atom. The van der Waals surface area contributed by atoms with Crippen LogP contribution in [-0.2, 0) is 11.2 Å². The summed E-state index contributed by atoms with van der Waals surface area (Å²) in [7, 11) is 0. The van der Waals surface area contributed by atoms with Crippen LogP contribution in [0.3, 0.4) is 0 Å². The first-order valence-corrected chi connectivity index (χ1v) is 6.38. The lowest BCUT2D eigenvalue weighted by molar-refractivity contribution is -0.120. The number of aryl methyl sites for hydroxylation is 1. The zero-order chi connectivity index (χ0) is 15.2. The van der Waals surface area contributed by atoms with Crippen LogP contribution in [0.5, 0.6) is 0 Å². The summed E-state index contributed by atoms with van der Waals surface area (Å²) in [5.74, 6) is -1.00. The van der Waals surface area contributed by atoms with E-state index in [4.69, 9.17) is 4.42 Å². The number of aromatic nitrogens is 1. The van der Waals surface area contributed by atoms with Crippen LogP contribution in [0.25, 0.3) is 11.3 Å². The number of nitrogens with one attached hydrogen (secondary N) is 1. The molecule has 4 nitrogen and oxygen atoms in total. The Bertz CT molecular complexity index is 653. The lowest BCUT2D eigenvalue weighted by Crippen LogP contribution is -2.23. The molecule has 0 unspecified atom stereocenters. The Balaban J connectivity index is 2.01. The molecule has 0 fully saturated rings. The van der Waals surface area contributed by atoms with Gasteiger partial charge in [0.2, 0.25) is 5.91 Å². The second kappa shape index (κ2) is 6.78. The summed E-state index contributed by atoms with van der Waals surface area (Å²) in [6, 6.07) is 3.20. The first kappa shape index (κ1) is 14.9. The van der Waals surface area contributed by atoms with Crippen molar-refractivity contribution in [1.29, 1.82) is 0 Å². The van der Waals surface area contributed by atoms with E-state index in [-0.39, 0.29) is 23.7 Å². The van der Waals surface area contributed by atoms with Gasteiger partial charge in [0.1, 0.15) is 11.6 Å². The molecule has 21 heavy (non-hydrogen) atoms. The van der Waals surface area contributed by atoms with Crippen LogP contribution in [-0.4, -0.2) is 17.4 Å². The number of rotatable bonds is 6. The van der Waals surface area contributed by atoms with Gasteiger partial charge in [0.25, 0.3) is 0 Å². The fourth-order valence-corrected chi connectivity index (χ4v) is 1.73. The zero-order valence-corrected chi connectivity index (χ0v) is 11.2. The predicted octanol–water partition coefficient (Wildman–Crippen LogP) is 2.85. The summed E-state index contributed by atoms with van der Waals surface area (Å²) in [6.45, 7) is 3.89. The average Bonchev–Trinajstić information content (AvgIpc) is 2.91. The molecule has 0 atom stereocenters. The second-order valence-corrected chi connectivity index (χ2v) is 4.34. The molecule has 6 heteroatoms. The van der Waals surface area contributed by atoms with Gasteiger partial charge >= 0.3 is 0 Å². The van der Waals surface area contributed by atoms with E-state index in [9.17, 15) is 13.6 Å². The zero-order valence-electron chi connectivity index (χ0n) is 11.2. The van der Waals surface area contributed by atoms with Crippen molar-refractivity contribution in [3.05, 3.63) is 54.6 Å². The maximum absolute atomic E-state index is 13.6. The van der Waals surface area contributed by atoms with Crippen molar-refractivity contribution in [2.24, 2.45) is 0 Å². The van der Waals surface area contributed by atoms with Crippen molar-refractivity contribution >= 4 is 5.91 Å². The molecule has 0 bridgehead atoms. The Morgan fingerprint density at radius 1 is 1.43 bits per heavy atom. The molecule has 0 saturated carbocycles. The first-order chi connectivity index (χ1) is 10.1. The predicted molar refractivity (Wildman–Crippen MR) is 73.4 cm³/mol. The molecule has 1 amide bonds. The van der Waals surface area contributed by atoms with Crippen LogP contribution in [0.1, 0.15) is 12.3 Å². The van der Waals surface area contributed by atoms with Crippen LogP contribution in [0.15, 0.2) is 41.5 Å². The Hall–Kier alpha value is -2.50. The maximum atomic E-state index is 13.6. The summed E-state index contributed by atoms with van der Waals surface area (Å²) < 4.78 is 31.8. The minimum absolute atomic E-state index is 0.131. The standard InChI is InChI=1S/C15H14F2N2O2/c1-2-7-18-14(20)5-6-15-19-9-13(21-15)11-4-3-10(16)8-12(11)17/h2-4,8-9H,1,5-7H2,(H,18,20). The van der Waals surface area contributed by atoms with Gasteiger partial charge in [-0.2, -0.15) is 0 Å². The molecule has 0 aliphatic heterocycles. The van der Waals surface area contributed by atoms with E-state index < -0.39 is 11.6 Å². The summed E-state index contributed by atoms with van der Waals surface area (Å²) in [4.78, 5) is 15.4. The molecule has 2 rings (SSSR count). The third-order valence-corrected chi connectivity index (χ3v) is 2.76. The number of benzene rings is 1. The van der Waals surface area contributed by atoms with Crippen molar-refractivity contribution in [2.75, 3.05) is 6.54 Å². The molecule has 1 aromatic carbocycles. The molecule has 1 heterocycles. The third kappa shape index (κ3) is 3.98. The van der Waals surface area contributed by atoms with Gasteiger partial charge in [-0.15, -0.1) is 6.58 Å². The molecule has 0 spiro atoms. The van der Waals surface area contributed by atoms with Crippen molar-refractivity contribution in [3.63, 3.8) is 0 Å². The summed E-state index contributed by atoms with van der Waals surface area (Å²) >= 11 is 0. The largest absolute Gasteiger partial charge is 0.441 e. The van der Waals surface area contributed by atoms with E-state index in [0.717, 1.165) is 12.1 Å². The van der Waals surface area contributed by atoms with Crippen LogP contribution in [0.2, 0.25) is 0 Å². The molecule has 2 aromatic rings. The van der Waals surface area contributed by atoms with E-state index in [1.54, 1.807) is 6.08 Å². The normalized spacial score (nSPS) is 10.4. The molecule has 0 aliphatic carbocycles. The molecule has 0 aliphatic rings. The van der Waals surface area contributed by atoms with Gasteiger partial charge in [-0.1, -0.05) is 6.08 Å². The van der Waals surface area contributed by atoms with Gasteiger partial charge in [-0.3, -0.25) is 4.79 Å². The van der Waals surface area contributed by atoms with Gasteiger partial charge in [0, 0.05) is 25.5 Å². The quantitative estimate of drug-likeness (QED) is 0.833. The Kier molecular flexibility index (Phi) is 4.81. The fourth-order valence-electron chi connectivity index (χ4n) is 1.73. The number of nitrogens with zero attached hydrogens (tertiary/aromatic N) is 1. The molecule has 1 aromatic heterocycles. The summed E-state index contributed by atoms with van der Waals surface area (Å²) in [5.41, 5.74) is 0.131. The minimum Gasteiger partial charge on any atom is -0.441 e. The minimum atomic E-state index is -0.721. The van der Waals surface area contributed by atoms with Crippen LogP contribution in [0, 0.1) is 11.6 Å². The van der Waals surface area contributed by atoms with Crippen LogP contribution >= 0.6 is 0 Å². The third-order valence-electron chi connectivity index (χ3n) is 2.76. The van der Waals surface area contributed by atoms with Gasteiger partial charge in [0.05, 0.1) is 11.8 Å². The number of halogens is 2. The van der Waals surface area contributed by atoms with Crippen molar-refractivity contribution in [3.8, 4) is 11.3 Å². The van der Waals surface area contributed by atoms with Gasteiger partial charge < -0.3 is 9.73 Å². The lowest BCUT2D eigenvalue weighted by atomic mass is 10.2. The molecular formula is C15H14F2N2O2. The molecular weight excluding hydrogens is 278 g/mol. The molecule has 1 N–H and O–H groups in total. The lowest BCUT2D eigenvalue weighted by Gasteiger charge is -2.00. The smallest absolute Gasteiger partial charge is 0.220 e. The number of carbonyl (C=O) groups is 1. The topological polar surface area (TPSA) is 55.1 Å². The first-order valence-electron chi connectivity index (χ1n) is 6.38. The molecule has 110 valence electrons.